The Bertz CT molecular complexity index is 396. The third kappa shape index (κ3) is 3.33. The first kappa shape index (κ1) is 13.6. The summed E-state index contributed by atoms with van der Waals surface area (Å²) in [4.78, 5) is 2.57. The molecule has 1 aromatic carbocycles. The number of hydrogen-bond donors (Lipinski definition) is 1. The molecule has 1 aliphatic rings. The summed E-state index contributed by atoms with van der Waals surface area (Å²) >= 11 is 0. The third-order valence-corrected chi connectivity index (χ3v) is 3.96. The van der Waals surface area contributed by atoms with Crippen LogP contribution in [0.15, 0.2) is 18.2 Å². The number of benzene rings is 1. The van der Waals surface area contributed by atoms with Gasteiger partial charge in [0, 0.05) is 18.6 Å². The van der Waals surface area contributed by atoms with E-state index in [9.17, 15) is 0 Å². The first-order valence-electron chi connectivity index (χ1n) is 7.18. The maximum absolute atomic E-state index is 6.37. The zero-order valence-corrected chi connectivity index (χ0v) is 11.9. The molecule has 0 aromatic heterocycles. The maximum Gasteiger partial charge on any atom is 0.0424 e. The Morgan fingerprint density at radius 2 is 2.00 bits per heavy atom. The Labute approximate surface area is 111 Å². The van der Waals surface area contributed by atoms with E-state index in [-0.39, 0.29) is 6.04 Å². The van der Waals surface area contributed by atoms with Crippen LogP contribution in [0.4, 0.5) is 0 Å². The highest BCUT2D eigenvalue weighted by molar-refractivity contribution is 5.31. The van der Waals surface area contributed by atoms with Crippen LogP contribution in [-0.4, -0.2) is 24.0 Å². The summed E-state index contributed by atoms with van der Waals surface area (Å²) in [6, 6.07) is 7.58. The van der Waals surface area contributed by atoms with Crippen LogP contribution in [0.3, 0.4) is 0 Å². The molecule has 18 heavy (non-hydrogen) atoms. The standard InChI is InChI=1S/C16H26N2/c1-4-9-18(15-7-8-15)11-16(17)14-6-5-12(2)13(3)10-14/h5-6,10,15-16H,4,7-9,11,17H2,1-3H3. The highest BCUT2D eigenvalue weighted by Gasteiger charge is 2.29. The summed E-state index contributed by atoms with van der Waals surface area (Å²) in [6.07, 6.45) is 3.94. The summed E-state index contributed by atoms with van der Waals surface area (Å²) in [5, 5.41) is 0. The van der Waals surface area contributed by atoms with Gasteiger partial charge in [-0.15, -0.1) is 0 Å². The highest BCUT2D eigenvalue weighted by atomic mass is 15.2. The molecule has 0 aliphatic heterocycles. The van der Waals surface area contributed by atoms with Crippen LogP contribution in [0.1, 0.15) is 48.9 Å². The van der Waals surface area contributed by atoms with Crippen LogP contribution in [0.2, 0.25) is 0 Å². The number of aryl methyl sites for hydroxylation is 2. The molecule has 0 spiro atoms. The minimum absolute atomic E-state index is 0.149. The van der Waals surface area contributed by atoms with Gasteiger partial charge in [0.1, 0.15) is 0 Å². The molecule has 0 amide bonds. The van der Waals surface area contributed by atoms with E-state index in [2.05, 4.69) is 43.9 Å². The quantitative estimate of drug-likeness (QED) is 0.835. The van der Waals surface area contributed by atoms with E-state index in [1.165, 1.54) is 42.5 Å². The van der Waals surface area contributed by atoms with Crippen molar-refractivity contribution in [2.45, 2.75) is 52.1 Å². The Morgan fingerprint density at radius 3 is 2.56 bits per heavy atom. The topological polar surface area (TPSA) is 29.3 Å². The van der Waals surface area contributed by atoms with Crippen LogP contribution in [0, 0.1) is 13.8 Å². The molecule has 0 saturated heterocycles. The van der Waals surface area contributed by atoms with Gasteiger partial charge < -0.3 is 5.73 Å². The van der Waals surface area contributed by atoms with Gasteiger partial charge in [0.25, 0.3) is 0 Å². The van der Waals surface area contributed by atoms with Crippen LogP contribution in [-0.2, 0) is 0 Å². The van der Waals surface area contributed by atoms with Crippen molar-refractivity contribution >= 4 is 0 Å². The van der Waals surface area contributed by atoms with E-state index in [1.807, 2.05) is 0 Å². The fourth-order valence-electron chi connectivity index (χ4n) is 2.50. The van der Waals surface area contributed by atoms with Crippen LogP contribution in [0.25, 0.3) is 0 Å². The summed E-state index contributed by atoms with van der Waals surface area (Å²) in [7, 11) is 0. The lowest BCUT2D eigenvalue weighted by Crippen LogP contribution is -2.34. The molecule has 2 heteroatoms. The SMILES string of the molecule is CCCN(CC(N)c1ccc(C)c(C)c1)C1CC1. The van der Waals surface area contributed by atoms with E-state index in [0.717, 1.165) is 12.6 Å². The van der Waals surface area contributed by atoms with Gasteiger partial charge in [-0.1, -0.05) is 25.1 Å². The average molecular weight is 246 g/mol. The van der Waals surface area contributed by atoms with Crippen molar-refractivity contribution in [1.29, 1.82) is 0 Å². The maximum atomic E-state index is 6.37. The lowest BCUT2D eigenvalue weighted by atomic mass is 10.0. The zero-order chi connectivity index (χ0) is 13.1. The van der Waals surface area contributed by atoms with Gasteiger partial charge in [0.15, 0.2) is 0 Å². The predicted octanol–water partition coefficient (Wildman–Crippen LogP) is 3.18. The second-order valence-electron chi connectivity index (χ2n) is 5.68. The van der Waals surface area contributed by atoms with Gasteiger partial charge in [-0.25, -0.2) is 0 Å². The van der Waals surface area contributed by atoms with Gasteiger partial charge in [-0.2, -0.15) is 0 Å². The number of nitrogens with two attached hydrogens (primary N) is 1. The molecule has 1 unspecified atom stereocenters. The zero-order valence-electron chi connectivity index (χ0n) is 11.9. The van der Waals surface area contributed by atoms with Crippen LogP contribution >= 0.6 is 0 Å². The number of nitrogens with zero attached hydrogens (tertiary/aromatic N) is 1. The monoisotopic (exact) mass is 246 g/mol. The van der Waals surface area contributed by atoms with Gasteiger partial charge in [-0.05, 0) is 56.3 Å². The Hall–Kier alpha value is -0.860. The molecule has 0 radical (unpaired) electrons. The first-order chi connectivity index (χ1) is 8.61. The summed E-state index contributed by atoms with van der Waals surface area (Å²) in [5.41, 5.74) is 10.3. The first-order valence-corrected chi connectivity index (χ1v) is 7.18. The smallest absolute Gasteiger partial charge is 0.0424 e. The molecular weight excluding hydrogens is 220 g/mol. The normalized spacial score (nSPS) is 17.2. The highest BCUT2D eigenvalue weighted by Crippen LogP contribution is 2.28. The van der Waals surface area contributed by atoms with Crippen molar-refractivity contribution in [3.05, 3.63) is 34.9 Å². The van der Waals surface area contributed by atoms with E-state index < -0.39 is 0 Å². The second-order valence-corrected chi connectivity index (χ2v) is 5.68. The van der Waals surface area contributed by atoms with Gasteiger partial charge in [0.05, 0.1) is 0 Å². The Morgan fingerprint density at radius 1 is 1.28 bits per heavy atom. The van der Waals surface area contributed by atoms with Crippen LogP contribution in [0.5, 0.6) is 0 Å². The lowest BCUT2D eigenvalue weighted by molar-refractivity contribution is 0.248. The van der Waals surface area contributed by atoms with E-state index in [0.29, 0.717) is 0 Å². The van der Waals surface area contributed by atoms with Gasteiger partial charge >= 0.3 is 0 Å². The van der Waals surface area contributed by atoms with E-state index in [4.69, 9.17) is 5.73 Å². The molecule has 0 heterocycles. The van der Waals surface area contributed by atoms with Crippen LogP contribution < -0.4 is 5.73 Å². The number of hydrogen-bond acceptors (Lipinski definition) is 2. The van der Waals surface area contributed by atoms with Crippen molar-refractivity contribution in [2.75, 3.05) is 13.1 Å². The minimum atomic E-state index is 0.149. The van der Waals surface area contributed by atoms with Crippen molar-refractivity contribution in [1.82, 2.24) is 4.90 Å². The summed E-state index contributed by atoms with van der Waals surface area (Å²) < 4.78 is 0. The molecule has 1 fully saturated rings. The fourth-order valence-corrected chi connectivity index (χ4v) is 2.50. The summed E-state index contributed by atoms with van der Waals surface area (Å²) in [5.74, 6) is 0. The third-order valence-electron chi connectivity index (χ3n) is 3.96. The second kappa shape index (κ2) is 5.85. The Balaban J connectivity index is 2.00. The minimum Gasteiger partial charge on any atom is -0.323 e. The fraction of sp³-hybridized carbons (Fsp3) is 0.625. The molecule has 0 bridgehead atoms. The summed E-state index contributed by atoms with van der Waals surface area (Å²) in [6.45, 7) is 8.75. The molecule has 1 atom stereocenters. The largest absolute Gasteiger partial charge is 0.323 e. The van der Waals surface area contributed by atoms with Crippen molar-refractivity contribution in [3.8, 4) is 0 Å². The van der Waals surface area contributed by atoms with E-state index >= 15 is 0 Å². The van der Waals surface area contributed by atoms with E-state index in [1.54, 1.807) is 0 Å². The molecule has 1 saturated carbocycles. The molecule has 1 aliphatic carbocycles. The average Bonchev–Trinajstić information content (AvgIpc) is 3.16. The molecule has 1 aromatic rings. The molecule has 100 valence electrons. The predicted molar refractivity (Wildman–Crippen MR) is 77.7 cm³/mol. The number of rotatable bonds is 6. The molecule has 2 rings (SSSR count). The lowest BCUT2D eigenvalue weighted by Gasteiger charge is -2.25. The Kier molecular flexibility index (Phi) is 4.41. The van der Waals surface area contributed by atoms with Crippen molar-refractivity contribution < 1.29 is 0 Å². The molecule has 2 nitrogen and oxygen atoms in total. The molecule has 2 N–H and O–H groups in total. The molecular formula is C16H26N2. The van der Waals surface area contributed by atoms with Gasteiger partial charge in [0.2, 0.25) is 0 Å². The van der Waals surface area contributed by atoms with Crippen molar-refractivity contribution in [2.24, 2.45) is 5.73 Å². The van der Waals surface area contributed by atoms with Gasteiger partial charge in [-0.3, -0.25) is 4.90 Å². The van der Waals surface area contributed by atoms with Crippen molar-refractivity contribution in [3.63, 3.8) is 0 Å².